The highest BCUT2D eigenvalue weighted by Gasteiger charge is 2.30. The largest absolute Gasteiger partial charge is 0.363 e. The maximum Gasteiger partial charge on any atom is 0.363 e. The summed E-state index contributed by atoms with van der Waals surface area (Å²) in [7, 11) is -4.75. The Hall–Kier alpha value is -1.16. The van der Waals surface area contributed by atoms with E-state index >= 15 is 0 Å². The minimum absolute atomic E-state index is 0.00476. The Balaban J connectivity index is 2.47. The molecule has 0 saturated heterocycles. The minimum Gasteiger partial charge on any atom is -0.358 e. The van der Waals surface area contributed by atoms with Crippen molar-refractivity contribution in [1.82, 2.24) is 4.98 Å². The third-order valence-corrected chi connectivity index (χ3v) is 3.75. The van der Waals surface area contributed by atoms with E-state index in [4.69, 9.17) is 9.79 Å². The second kappa shape index (κ2) is 4.50. The molecule has 0 amide bonds. The number of alkyl halides is 1. The lowest BCUT2D eigenvalue weighted by atomic mass is 10.1. The Morgan fingerprint density at radius 1 is 1.28 bits per heavy atom. The molecule has 1 atom stereocenters. The van der Waals surface area contributed by atoms with E-state index in [1.807, 2.05) is 19.9 Å². The molecule has 0 spiro atoms. The van der Waals surface area contributed by atoms with Crippen molar-refractivity contribution in [1.29, 1.82) is 0 Å². The third-order valence-electron chi connectivity index (χ3n) is 2.86. The van der Waals surface area contributed by atoms with Crippen LogP contribution in [0.15, 0.2) is 24.3 Å². The van der Waals surface area contributed by atoms with Gasteiger partial charge in [-0.1, -0.05) is 19.9 Å². The highest BCUT2D eigenvalue weighted by Crippen LogP contribution is 2.52. The van der Waals surface area contributed by atoms with Gasteiger partial charge in [-0.05, 0) is 29.7 Å². The van der Waals surface area contributed by atoms with Crippen LogP contribution in [-0.2, 0) is 4.57 Å². The van der Waals surface area contributed by atoms with Gasteiger partial charge in [-0.3, -0.25) is 4.57 Å². The van der Waals surface area contributed by atoms with Gasteiger partial charge >= 0.3 is 7.60 Å². The van der Waals surface area contributed by atoms with Crippen molar-refractivity contribution in [3.8, 4) is 0 Å². The smallest absolute Gasteiger partial charge is 0.358 e. The van der Waals surface area contributed by atoms with Crippen LogP contribution >= 0.6 is 7.60 Å². The summed E-state index contributed by atoms with van der Waals surface area (Å²) < 4.78 is 24.5. The molecule has 4 nitrogen and oxygen atoms in total. The number of aromatic amines is 1. The molecule has 0 saturated carbocycles. The van der Waals surface area contributed by atoms with Crippen molar-refractivity contribution in [3.63, 3.8) is 0 Å². The maximum atomic E-state index is 13.6. The molecule has 2 aromatic rings. The molecule has 98 valence electrons. The molecule has 0 aliphatic heterocycles. The van der Waals surface area contributed by atoms with Crippen LogP contribution in [0.1, 0.15) is 36.9 Å². The number of fused-ring (bicyclic) bond motifs is 1. The Kier molecular flexibility index (Phi) is 3.32. The van der Waals surface area contributed by atoms with Gasteiger partial charge in [0, 0.05) is 16.6 Å². The van der Waals surface area contributed by atoms with Gasteiger partial charge in [-0.25, -0.2) is 4.39 Å². The number of hydrogen-bond donors (Lipinski definition) is 3. The predicted molar refractivity (Wildman–Crippen MR) is 68.3 cm³/mol. The van der Waals surface area contributed by atoms with Gasteiger partial charge in [-0.15, -0.1) is 0 Å². The zero-order valence-electron chi connectivity index (χ0n) is 10.1. The van der Waals surface area contributed by atoms with E-state index in [0.29, 0.717) is 5.92 Å². The van der Waals surface area contributed by atoms with Crippen LogP contribution in [0.5, 0.6) is 0 Å². The van der Waals surface area contributed by atoms with Crippen molar-refractivity contribution in [2.75, 3.05) is 0 Å². The fraction of sp³-hybridized carbons (Fsp3) is 0.333. The average molecular weight is 271 g/mol. The molecule has 18 heavy (non-hydrogen) atoms. The summed E-state index contributed by atoms with van der Waals surface area (Å²) in [5.74, 6) is -1.96. The molecule has 0 aliphatic rings. The van der Waals surface area contributed by atoms with E-state index in [1.165, 1.54) is 12.1 Å². The summed E-state index contributed by atoms with van der Waals surface area (Å²) in [6.45, 7) is 4.05. The number of H-pyrrole nitrogens is 1. The molecule has 0 unspecified atom stereocenters. The first kappa shape index (κ1) is 13.3. The number of halogens is 1. The van der Waals surface area contributed by atoms with E-state index in [0.717, 1.165) is 16.6 Å². The molecule has 1 aromatic heterocycles. The Morgan fingerprint density at radius 3 is 2.50 bits per heavy atom. The standard InChI is InChI=1S/C12H15FNO3P/c1-7(2)11-6-9-5-8(3-4-10(9)14-11)12(13)18(15,16)17/h3-7,12,14H,1-2H3,(H2,15,16,17)/t12-/m1/s1. The van der Waals surface area contributed by atoms with E-state index in [-0.39, 0.29) is 5.56 Å². The molecule has 2 rings (SSSR count). The summed E-state index contributed by atoms with van der Waals surface area (Å²) in [6, 6.07) is 6.38. The third kappa shape index (κ3) is 2.48. The molecular formula is C12H15FNO3P. The van der Waals surface area contributed by atoms with Crippen LogP contribution in [0.25, 0.3) is 10.9 Å². The number of nitrogens with one attached hydrogen (secondary N) is 1. The first-order valence-corrected chi connectivity index (χ1v) is 7.29. The van der Waals surface area contributed by atoms with Gasteiger partial charge in [0.1, 0.15) is 0 Å². The average Bonchev–Trinajstić information content (AvgIpc) is 2.69. The van der Waals surface area contributed by atoms with Crippen LogP contribution in [0.4, 0.5) is 4.39 Å². The van der Waals surface area contributed by atoms with Crippen LogP contribution in [0.2, 0.25) is 0 Å². The molecular weight excluding hydrogens is 256 g/mol. The fourth-order valence-electron chi connectivity index (χ4n) is 1.83. The number of aromatic nitrogens is 1. The summed E-state index contributed by atoms with van der Waals surface area (Å²) in [6.07, 6.45) is 0. The van der Waals surface area contributed by atoms with E-state index in [1.54, 1.807) is 6.07 Å². The van der Waals surface area contributed by atoms with Gasteiger partial charge < -0.3 is 14.8 Å². The van der Waals surface area contributed by atoms with Crippen LogP contribution in [-0.4, -0.2) is 14.8 Å². The molecule has 1 heterocycles. The summed E-state index contributed by atoms with van der Waals surface area (Å²) in [4.78, 5) is 20.9. The van der Waals surface area contributed by atoms with Crippen molar-refractivity contribution in [2.24, 2.45) is 0 Å². The molecule has 1 aromatic carbocycles. The first-order valence-electron chi connectivity index (χ1n) is 5.61. The quantitative estimate of drug-likeness (QED) is 0.749. The highest BCUT2D eigenvalue weighted by atomic mass is 31.2. The van der Waals surface area contributed by atoms with Crippen LogP contribution < -0.4 is 0 Å². The summed E-state index contributed by atoms with van der Waals surface area (Å²) in [5, 5.41) is 0.757. The Labute approximate surface area is 104 Å². The zero-order valence-corrected chi connectivity index (χ0v) is 11.0. The number of benzene rings is 1. The SMILES string of the molecule is CC(C)c1cc2cc([C@H](F)P(=O)(O)O)ccc2[nH]1. The molecule has 3 N–H and O–H groups in total. The van der Waals surface area contributed by atoms with E-state index < -0.39 is 13.5 Å². The summed E-state index contributed by atoms with van der Waals surface area (Å²) >= 11 is 0. The first-order chi connectivity index (χ1) is 8.29. The van der Waals surface area contributed by atoms with Crippen molar-refractivity contribution in [2.45, 2.75) is 25.7 Å². The summed E-state index contributed by atoms with van der Waals surface area (Å²) in [5.41, 5.74) is 1.85. The lowest BCUT2D eigenvalue weighted by molar-refractivity contribution is 0.303. The monoisotopic (exact) mass is 271 g/mol. The van der Waals surface area contributed by atoms with Gasteiger partial charge in [0.2, 0.25) is 5.91 Å². The second-order valence-electron chi connectivity index (χ2n) is 4.65. The number of rotatable bonds is 3. The molecule has 0 aliphatic carbocycles. The van der Waals surface area contributed by atoms with Crippen LogP contribution in [0.3, 0.4) is 0 Å². The molecule has 0 fully saturated rings. The Morgan fingerprint density at radius 2 is 1.94 bits per heavy atom. The van der Waals surface area contributed by atoms with Gasteiger partial charge in [0.25, 0.3) is 0 Å². The lowest BCUT2D eigenvalue weighted by Crippen LogP contribution is -1.92. The van der Waals surface area contributed by atoms with Gasteiger partial charge in [-0.2, -0.15) is 0 Å². The maximum absolute atomic E-state index is 13.6. The van der Waals surface area contributed by atoms with Crippen LogP contribution in [0, 0.1) is 0 Å². The van der Waals surface area contributed by atoms with E-state index in [2.05, 4.69) is 4.98 Å². The Bertz CT molecular complexity index is 617. The topological polar surface area (TPSA) is 73.3 Å². The molecule has 0 bridgehead atoms. The van der Waals surface area contributed by atoms with Gasteiger partial charge in [0.05, 0.1) is 0 Å². The molecule has 6 heteroatoms. The normalized spacial score (nSPS) is 14.3. The highest BCUT2D eigenvalue weighted by molar-refractivity contribution is 7.51. The minimum atomic E-state index is -4.75. The predicted octanol–water partition coefficient (Wildman–Crippen LogP) is 3.44. The zero-order chi connectivity index (χ0) is 13.5. The van der Waals surface area contributed by atoms with Gasteiger partial charge in [0.15, 0.2) is 0 Å². The molecule has 0 radical (unpaired) electrons. The van der Waals surface area contributed by atoms with E-state index in [9.17, 15) is 8.96 Å². The number of hydrogen-bond acceptors (Lipinski definition) is 1. The van der Waals surface area contributed by atoms with Crippen molar-refractivity contribution in [3.05, 3.63) is 35.5 Å². The van der Waals surface area contributed by atoms with Crippen molar-refractivity contribution < 1.29 is 18.7 Å². The van der Waals surface area contributed by atoms with Crippen molar-refractivity contribution >= 4 is 18.5 Å². The lowest BCUT2D eigenvalue weighted by Gasteiger charge is -2.10. The second-order valence-corrected chi connectivity index (χ2v) is 6.28. The fourth-order valence-corrected chi connectivity index (χ4v) is 2.38.